The molecule has 0 bridgehead atoms. The number of anilines is 1. The lowest BCUT2D eigenvalue weighted by Crippen LogP contribution is -3.00. The number of esters is 1. The van der Waals surface area contributed by atoms with Gasteiger partial charge in [-0.25, -0.2) is 9.97 Å². The fraction of sp³-hybridized carbons (Fsp3) is 0.750. The molecule has 0 amide bonds. The highest BCUT2D eigenvalue weighted by molar-refractivity contribution is 5.69. The first-order valence-corrected chi connectivity index (χ1v) is 8.32. The van der Waals surface area contributed by atoms with Crippen molar-refractivity contribution in [2.75, 3.05) is 51.8 Å². The Labute approximate surface area is 155 Å². The first-order chi connectivity index (χ1) is 11.0. The molecule has 1 aromatic heterocycles. The molecule has 0 aliphatic heterocycles. The zero-order valence-corrected chi connectivity index (χ0v) is 17.0. The highest BCUT2D eigenvalue weighted by Gasteiger charge is 2.22. The van der Waals surface area contributed by atoms with Gasteiger partial charge in [0.15, 0.2) is 0 Å². The Morgan fingerprint density at radius 1 is 1.17 bits per heavy atom. The molecule has 0 saturated heterocycles. The lowest BCUT2D eigenvalue weighted by atomic mass is 10.3. The molecule has 0 fully saturated rings. The van der Waals surface area contributed by atoms with Gasteiger partial charge in [0.05, 0.1) is 39.2 Å². The van der Waals surface area contributed by atoms with Crippen molar-refractivity contribution in [3.63, 3.8) is 0 Å². The molecule has 1 aromatic rings. The van der Waals surface area contributed by atoms with E-state index in [9.17, 15) is 4.79 Å². The Morgan fingerprint density at radius 2 is 1.79 bits per heavy atom. The van der Waals surface area contributed by atoms with Crippen LogP contribution in [0.2, 0.25) is 0 Å². The van der Waals surface area contributed by atoms with Crippen molar-refractivity contribution in [1.29, 1.82) is 0 Å². The zero-order valence-electron chi connectivity index (χ0n) is 15.5. The fourth-order valence-electron chi connectivity index (χ4n) is 2.46. The molecule has 0 atom stereocenters. The largest absolute Gasteiger partial charge is 1.00 e. The third kappa shape index (κ3) is 7.09. The van der Waals surface area contributed by atoms with Crippen LogP contribution in [-0.2, 0) is 16.0 Å². The minimum absolute atomic E-state index is 0. The van der Waals surface area contributed by atoms with Crippen molar-refractivity contribution in [2.24, 2.45) is 0 Å². The van der Waals surface area contributed by atoms with Crippen LogP contribution in [0.5, 0.6) is 0 Å². The number of quaternary nitrogens is 1. The smallest absolute Gasteiger partial charge is 0.311 e. The lowest BCUT2D eigenvalue weighted by Gasteiger charge is -2.35. The second-order valence-electron chi connectivity index (χ2n) is 5.83. The van der Waals surface area contributed by atoms with Crippen LogP contribution in [0.1, 0.15) is 33.0 Å². The van der Waals surface area contributed by atoms with Crippen molar-refractivity contribution < 1.29 is 31.0 Å². The van der Waals surface area contributed by atoms with E-state index in [4.69, 9.17) is 4.74 Å². The van der Waals surface area contributed by atoms with Crippen LogP contribution in [0, 0.1) is 0 Å². The monoisotopic (exact) mass is 403 g/mol. The first kappa shape index (κ1) is 22.7. The van der Waals surface area contributed by atoms with Gasteiger partial charge in [0, 0.05) is 20.5 Å². The number of carbonyl (C=O) groups excluding carboxylic acids is 1. The van der Waals surface area contributed by atoms with Crippen LogP contribution < -0.4 is 21.9 Å². The average Bonchev–Trinajstić information content (AvgIpc) is 2.57. The number of carbonyl (C=O) groups is 1. The summed E-state index contributed by atoms with van der Waals surface area (Å²) in [5, 5.41) is 0. The molecule has 8 heteroatoms. The van der Waals surface area contributed by atoms with Gasteiger partial charge in [-0.2, -0.15) is 4.98 Å². The van der Waals surface area contributed by atoms with Gasteiger partial charge in [-0.3, -0.25) is 4.79 Å². The molecule has 0 unspecified atom stereocenters. The minimum atomic E-state index is -0.148. The van der Waals surface area contributed by atoms with Gasteiger partial charge in [0.2, 0.25) is 5.95 Å². The van der Waals surface area contributed by atoms with Gasteiger partial charge in [-0.15, -0.1) is 0 Å². The summed E-state index contributed by atoms with van der Waals surface area (Å²) in [6, 6.07) is 0. The number of hydrogen-bond acceptors (Lipinski definition) is 6. The van der Waals surface area contributed by atoms with Crippen LogP contribution in [0.4, 0.5) is 5.95 Å². The molecule has 1 rings (SSSR count). The molecule has 0 aliphatic rings. The van der Waals surface area contributed by atoms with Gasteiger partial charge in [-0.05, 0) is 20.8 Å². The van der Waals surface area contributed by atoms with Crippen molar-refractivity contribution in [1.82, 2.24) is 15.0 Å². The first-order valence-electron chi connectivity index (χ1n) is 8.32. The zero-order chi connectivity index (χ0) is 17.3. The predicted octanol–water partition coefficient (Wildman–Crippen LogP) is -1.71. The summed E-state index contributed by atoms with van der Waals surface area (Å²) in [6.45, 7) is 10.8. The van der Waals surface area contributed by atoms with E-state index in [1.807, 2.05) is 19.0 Å². The van der Waals surface area contributed by atoms with Gasteiger partial charge < -0.3 is 31.1 Å². The van der Waals surface area contributed by atoms with Crippen LogP contribution in [-0.4, -0.2) is 72.3 Å². The Balaban J connectivity index is 0.00000529. The number of rotatable bonds is 10. The molecule has 0 N–H and O–H groups in total. The molecule has 24 heavy (non-hydrogen) atoms. The summed E-state index contributed by atoms with van der Waals surface area (Å²) in [5.74, 6) is 1.10. The van der Waals surface area contributed by atoms with E-state index in [0.717, 1.165) is 30.7 Å². The summed E-state index contributed by atoms with van der Waals surface area (Å²) in [6.07, 6.45) is 2.44. The quantitative estimate of drug-likeness (QED) is 0.342. The standard InChI is InChI=1S/C16H30N5O2.BrH/c1-6-21(7-2,8-3)11-9-15(22)23-12-10-14-17-13-18-16(19-14)20(4)5;/h13H,6-12H2,1-5H3;1H/q+1;/p-1. The summed E-state index contributed by atoms with van der Waals surface area (Å²) in [4.78, 5) is 26.2. The van der Waals surface area contributed by atoms with Crippen LogP contribution >= 0.6 is 0 Å². The number of nitrogens with zero attached hydrogens (tertiary/aromatic N) is 5. The molecule has 1 heterocycles. The molecule has 0 spiro atoms. The van der Waals surface area contributed by atoms with E-state index in [1.54, 1.807) is 0 Å². The van der Waals surface area contributed by atoms with Crippen molar-refractivity contribution in [3.8, 4) is 0 Å². The third-order valence-corrected chi connectivity index (χ3v) is 4.40. The van der Waals surface area contributed by atoms with Gasteiger partial charge in [0.25, 0.3) is 0 Å². The number of ether oxygens (including phenoxy) is 1. The molecule has 7 nitrogen and oxygen atoms in total. The van der Waals surface area contributed by atoms with E-state index in [0.29, 0.717) is 31.2 Å². The lowest BCUT2D eigenvalue weighted by molar-refractivity contribution is -0.922. The third-order valence-electron chi connectivity index (χ3n) is 4.40. The van der Waals surface area contributed by atoms with E-state index < -0.39 is 0 Å². The Bertz CT molecular complexity index is 487. The fourth-order valence-corrected chi connectivity index (χ4v) is 2.46. The van der Waals surface area contributed by atoms with Crippen molar-refractivity contribution in [2.45, 2.75) is 33.6 Å². The number of aromatic nitrogens is 3. The molecule has 0 saturated carbocycles. The molecular formula is C16H30BrN5O2. The molecule has 0 radical (unpaired) electrons. The van der Waals surface area contributed by atoms with Crippen molar-refractivity contribution >= 4 is 11.9 Å². The Morgan fingerprint density at radius 3 is 2.33 bits per heavy atom. The van der Waals surface area contributed by atoms with Crippen molar-refractivity contribution in [3.05, 3.63) is 12.2 Å². The summed E-state index contributed by atoms with van der Waals surface area (Å²) in [5.41, 5.74) is 0. The average molecular weight is 404 g/mol. The van der Waals surface area contributed by atoms with E-state index in [-0.39, 0.29) is 23.0 Å². The molecule has 0 aromatic carbocycles. The van der Waals surface area contributed by atoms with Crippen LogP contribution in [0.3, 0.4) is 0 Å². The summed E-state index contributed by atoms with van der Waals surface area (Å²) >= 11 is 0. The second-order valence-corrected chi connectivity index (χ2v) is 5.83. The van der Waals surface area contributed by atoms with Gasteiger partial charge in [0.1, 0.15) is 12.2 Å². The SMILES string of the molecule is CC[N+](CC)(CC)CCC(=O)OCCc1ncnc(N(C)C)n1.[Br-]. The van der Waals surface area contributed by atoms with Gasteiger partial charge in [-0.1, -0.05) is 0 Å². The second kappa shape index (κ2) is 11.3. The van der Waals surface area contributed by atoms with Crippen LogP contribution in [0.15, 0.2) is 6.33 Å². The highest BCUT2D eigenvalue weighted by Crippen LogP contribution is 2.08. The number of hydrogen-bond donors (Lipinski definition) is 0. The maximum atomic E-state index is 11.9. The van der Waals surface area contributed by atoms with E-state index >= 15 is 0 Å². The Hall–Kier alpha value is -1.28. The maximum absolute atomic E-state index is 11.9. The molecule has 138 valence electrons. The normalized spacial score (nSPS) is 10.9. The van der Waals surface area contributed by atoms with Crippen LogP contribution in [0.25, 0.3) is 0 Å². The molecule has 0 aliphatic carbocycles. The maximum Gasteiger partial charge on any atom is 0.311 e. The summed E-state index contributed by atoms with van der Waals surface area (Å²) < 4.78 is 6.27. The van der Waals surface area contributed by atoms with Gasteiger partial charge >= 0.3 is 5.97 Å². The molecular weight excluding hydrogens is 374 g/mol. The minimum Gasteiger partial charge on any atom is -1.00 e. The summed E-state index contributed by atoms with van der Waals surface area (Å²) in [7, 11) is 3.75. The van der Waals surface area contributed by atoms with E-state index in [1.165, 1.54) is 6.33 Å². The predicted molar refractivity (Wildman–Crippen MR) is 90.2 cm³/mol. The van der Waals surface area contributed by atoms with E-state index in [2.05, 4.69) is 35.7 Å². The Kier molecular flexibility index (Phi) is 10.7. The topological polar surface area (TPSA) is 68.2 Å². The number of halogens is 1. The highest BCUT2D eigenvalue weighted by atomic mass is 79.9.